The van der Waals surface area contributed by atoms with Crippen LogP contribution in [0.2, 0.25) is 0 Å². The molecule has 1 aromatic carbocycles. The number of aromatic nitrogens is 2. The number of nitrogens with zero attached hydrogens (tertiary/aromatic N) is 2. The van der Waals surface area contributed by atoms with E-state index in [1.165, 1.54) is 6.07 Å². The van der Waals surface area contributed by atoms with E-state index in [0.29, 0.717) is 29.3 Å². The number of rotatable bonds is 4. The average molecular weight is 311 g/mol. The van der Waals surface area contributed by atoms with Gasteiger partial charge in [0.15, 0.2) is 0 Å². The molecule has 1 saturated heterocycles. The SMILES string of the molecule is Cc1cc2c(cc1F)nc(CCCl)n2C(C)C1CCOC1. The molecule has 0 spiro atoms. The second kappa shape index (κ2) is 5.93. The monoisotopic (exact) mass is 310 g/mol. The molecule has 1 aliphatic heterocycles. The first-order chi connectivity index (χ1) is 10.1. The van der Waals surface area contributed by atoms with Gasteiger partial charge in [-0.15, -0.1) is 11.6 Å². The fraction of sp³-hybridized carbons (Fsp3) is 0.562. The predicted molar refractivity (Wildman–Crippen MR) is 82.5 cm³/mol. The molecule has 5 heteroatoms. The summed E-state index contributed by atoms with van der Waals surface area (Å²) in [6.07, 6.45) is 1.75. The van der Waals surface area contributed by atoms with Crippen molar-refractivity contribution in [3.05, 3.63) is 29.3 Å². The van der Waals surface area contributed by atoms with Crippen LogP contribution in [0.3, 0.4) is 0 Å². The number of hydrogen-bond acceptors (Lipinski definition) is 2. The molecule has 0 bridgehead atoms. The fourth-order valence-corrected chi connectivity index (χ4v) is 3.30. The zero-order valence-corrected chi connectivity index (χ0v) is 13.2. The Hall–Kier alpha value is -1.13. The molecule has 1 aliphatic rings. The predicted octanol–water partition coefficient (Wildman–Crippen LogP) is 3.86. The summed E-state index contributed by atoms with van der Waals surface area (Å²) in [5, 5.41) is 0. The lowest BCUT2D eigenvalue weighted by Crippen LogP contribution is -2.19. The van der Waals surface area contributed by atoms with Crippen LogP contribution in [0.5, 0.6) is 0 Å². The number of hydrogen-bond donors (Lipinski definition) is 0. The van der Waals surface area contributed by atoms with E-state index in [1.807, 2.05) is 6.07 Å². The molecule has 1 fully saturated rings. The molecule has 2 aromatic rings. The van der Waals surface area contributed by atoms with E-state index in [0.717, 1.165) is 31.0 Å². The summed E-state index contributed by atoms with van der Waals surface area (Å²) < 4.78 is 21.5. The van der Waals surface area contributed by atoms with E-state index in [1.54, 1.807) is 6.92 Å². The van der Waals surface area contributed by atoms with Crippen LogP contribution >= 0.6 is 11.6 Å². The van der Waals surface area contributed by atoms with Gasteiger partial charge >= 0.3 is 0 Å². The van der Waals surface area contributed by atoms with Crippen molar-refractivity contribution in [2.24, 2.45) is 5.92 Å². The third-order valence-electron chi connectivity index (χ3n) is 4.42. The highest BCUT2D eigenvalue weighted by Gasteiger charge is 2.27. The Morgan fingerprint density at radius 3 is 3.00 bits per heavy atom. The molecule has 21 heavy (non-hydrogen) atoms. The summed E-state index contributed by atoms with van der Waals surface area (Å²) in [5.41, 5.74) is 2.35. The summed E-state index contributed by atoms with van der Waals surface area (Å²) in [6.45, 7) is 5.58. The molecule has 3 nitrogen and oxygen atoms in total. The minimum Gasteiger partial charge on any atom is -0.381 e. The van der Waals surface area contributed by atoms with Gasteiger partial charge in [0.25, 0.3) is 0 Å². The molecule has 2 heterocycles. The minimum atomic E-state index is -0.207. The van der Waals surface area contributed by atoms with Gasteiger partial charge in [-0.3, -0.25) is 0 Å². The van der Waals surface area contributed by atoms with Gasteiger partial charge in [-0.05, 0) is 31.9 Å². The molecule has 0 aliphatic carbocycles. The number of benzene rings is 1. The van der Waals surface area contributed by atoms with Crippen LogP contribution in [0.15, 0.2) is 12.1 Å². The standard InChI is InChI=1S/C16H20ClFN2O/c1-10-7-15-14(8-13(10)18)19-16(3-5-17)20(15)11(2)12-4-6-21-9-12/h7-8,11-12H,3-6,9H2,1-2H3. The summed E-state index contributed by atoms with van der Waals surface area (Å²) >= 11 is 5.91. The van der Waals surface area contributed by atoms with Crippen LogP contribution in [-0.2, 0) is 11.2 Å². The van der Waals surface area contributed by atoms with Crippen molar-refractivity contribution < 1.29 is 9.13 Å². The van der Waals surface area contributed by atoms with Gasteiger partial charge in [0.2, 0.25) is 0 Å². The molecule has 0 N–H and O–H groups in total. The third kappa shape index (κ3) is 2.67. The summed E-state index contributed by atoms with van der Waals surface area (Å²) in [6, 6.07) is 3.69. The molecule has 0 radical (unpaired) electrons. The van der Waals surface area contributed by atoms with Crippen molar-refractivity contribution in [3.8, 4) is 0 Å². The van der Waals surface area contributed by atoms with Crippen molar-refractivity contribution in [3.63, 3.8) is 0 Å². The second-order valence-electron chi connectivity index (χ2n) is 5.79. The Labute approximate surface area is 129 Å². The Morgan fingerprint density at radius 2 is 2.33 bits per heavy atom. The van der Waals surface area contributed by atoms with Gasteiger partial charge in [0.05, 0.1) is 17.6 Å². The summed E-state index contributed by atoms with van der Waals surface area (Å²) in [5.74, 6) is 1.71. The smallest absolute Gasteiger partial charge is 0.128 e. The Bertz CT molecular complexity index is 649. The van der Waals surface area contributed by atoms with E-state index >= 15 is 0 Å². The number of imidazole rings is 1. The number of aryl methyl sites for hydroxylation is 2. The summed E-state index contributed by atoms with van der Waals surface area (Å²) in [4.78, 5) is 4.59. The molecule has 2 unspecified atom stereocenters. The number of halogens is 2. The second-order valence-corrected chi connectivity index (χ2v) is 6.17. The minimum absolute atomic E-state index is 0.207. The zero-order valence-electron chi connectivity index (χ0n) is 12.4. The molecule has 2 atom stereocenters. The van der Waals surface area contributed by atoms with Crippen LogP contribution < -0.4 is 0 Å². The Morgan fingerprint density at radius 1 is 1.52 bits per heavy atom. The lowest BCUT2D eigenvalue weighted by atomic mass is 10.00. The largest absolute Gasteiger partial charge is 0.381 e. The summed E-state index contributed by atoms with van der Waals surface area (Å²) in [7, 11) is 0. The van der Waals surface area contributed by atoms with Gasteiger partial charge in [0, 0.05) is 36.9 Å². The maximum absolute atomic E-state index is 13.8. The molecular weight excluding hydrogens is 291 g/mol. The van der Waals surface area contributed by atoms with Crippen molar-refractivity contribution in [1.82, 2.24) is 9.55 Å². The quantitative estimate of drug-likeness (QED) is 0.802. The molecule has 3 rings (SSSR count). The first-order valence-electron chi connectivity index (χ1n) is 7.42. The van der Waals surface area contributed by atoms with Crippen molar-refractivity contribution >= 4 is 22.6 Å². The first-order valence-corrected chi connectivity index (χ1v) is 7.96. The highest BCUT2D eigenvalue weighted by atomic mass is 35.5. The zero-order chi connectivity index (χ0) is 15.0. The van der Waals surface area contributed by atoms with Crippen LogP contribution in [0.4, 0.5) is 4.39 Å². The molecule has 0 amide bonds. The normalized spacial score (nSPS) is 20.3. The van der Waals surface area contributed by atoms with Crippen molar-refractivity contribution in [2.45, 2.75) is 32.7 Å². The maximum atomic E-state index is 13.8. The van der Waals surface area contributed by atoms with Gasteiger partial charge in [-0.1, -0.05) is 0 Å². The Balaban J connectivity index is 2.12. The van der Waals surface area contributed by atoms with Gasteiger partial charge in [-0.25, -0.2) is 9.37 Å². The molecule has 1 aromatic heterocycles. The molecular formula is C16H20ClFN2O. The highest BCUT2D eigenvalue weighted by molar-refractivity contribution is 6.17. The lowest BCUT2D eigenvalue weighted by Gasteiger charge is -2.22. The van der Waals surface area contributed by atoms with Gasteiger partial charge in [-0.2, -0.15) is 0 Å². The van der Waals surface area contributed by atoms with Crippen molar-refractivity contribution in [2.75, 3.05) is 19.1 Å². The highest BCUT2D eigenvalue weighted by Crippen LogP contribution is 2.31. The van der Waals surface area contributed by atoms with Crippen LogP contribution in [0, 0.1) is 18.7 Å². The maximum Gasteiger partial charge on any atom is 0.128 e. The lowest BCUT2D eigenvalue weighted by molar-refractivity contribution is 0.175. The van der Waals surface area contributed by atoms with Crippen LogP contribution in [-0.4, -0.2) is 28.6 Å². The molecule has 0 saturated carbocycles. The third-order valence-corrected chi connectivity index (χ3v) is 4.60. The topological polar surface area (TPSA) is 27.1 Å². The number of ether oxygens (including phenoxy) is 1. The van der Waals surface area contributed by atoms with E-state index in [4.69, 9.17) is 16.3 Å². The first kappa shape index (κ1) is 14.8. The van der Waals surface area contributed by atoms with Crippen LogP contribution in [0.25, 0.3) is 11.0 Å². The van der Waals surface area contributed by atoms with E-state index in [-0.39, 0.29) is 11.9 Å². The van der Waals surface area contributed by atoms with Crippen LogP contribution in [0.1, 0.15) is 30.8 Å². The fourth-order valence-electron chi connectivity index (χ4n) is 3.13. The Kier molecular flexibility index (Phi) is 4.18. The number of fused-ring (bicyclic) bond motifs is 1. The van der Waals surface area contributed by atoms with Gasteiger partial charge in [0.1, 0.15) is 11.6 Å². The number of alkyl halides is 1. The average Bonchev–Trinajstić information content (AvgIpc) is 3.07. The van der Waals surface area contributed by atoms with E-state index in [2.05, 4.69) is 16.5 Å². The van der Waals surface area contributed by atoms with E-state index in [9.17, 15) is 4.39 Å². The van der Waals surface area contributed by atoms with Gasteiger partial charge < -0.3 is 9.30 Å². The van der Waals surface area contributed by atoms with E-state index < -0.39 is 0 Å². The van der Waals surface area contributed by atoms with Crippen molar-refractivity contribution in [1.29, 1.82) is 0 Å². The molecule has 114 valence electrons.